The van der Waals surface area contributed by atoms with Crippen LogP contribution < -0.4 is 15.4 Å². The van der Waals surface area contributed by atoms with Crippen molar-refractivity contribution < 1.29 is 14.3 Å². The molecule has 0 aliphatic carbocycles. The highest BCUT2D eigenvalue weighted by atomic mass is 35.5. The van der Waals surface area contributed by atoms with Crippen molar-refractivity contribution in [3.8, 4) is 11.5 Å². The largest absolute Gasteiger partial charge is 0.457 e. The van der Waals surface area contributed by atoms with Gasteiger partial charge in [0.05, 0.1) is 13.2 Å². The van der Waals surface area contributed by atoms with Gasteiger partial charge in [0.2, 0.25) is 5.91 Å². The normalized spacial score (nSPS) is 16.2. The second-order valence-corrected chi connectivity index (χ2v) is 4.88. The Morgan fingerprint density at radius 2 is 1.79 bits per heavy atom. The van der Waals surface area contributed by atoms with Gasteiger partial charge < -0.3 is 20.1 Å². The number of pyridine rings is 1. The highest BCUT2D eigenvalue weighted by Crippen LogP contribution is 2.22. The molecule has 0 saturated carbocycles. The molecule has 0 radical (unpaired) electrons. The molecule has 1 aromatic heterocycles. The molecule has 2 aromatic rings. The Hall–Kier alpha value is -1.86. The molecule has 1 aliphatic heterocycles. The minimum absolute atomic E-state index is 0. The minimum Gasteiger partial charge on any atom is -0.457 e. The Labute approximate surface area is 152 Å². The average Bonchev–Trinajstić information content (AvgIpc) is 2.58. The molecule has 0 bridgehead atoms. The first-order chi connectivity index (χ1) is 10.8. The molecule has 24 heavy (non-hydrogen) atoms. The first kappa shape index (κ1) is 20.2. The number of carbonyl (C=O) groups excluding carboxylic acids is 1. The summed E-state index contributed by atoms with van der Waals surface area (Å²) in [5.74, 6) is 1.32. The van der Waals surface area contributed by atoms with Crippen molar-refractivity contribution in [2.24, 2.45) is 0 Å². The van der Waals surface area contributed by atoms with Crippen LogP contribution in [-0.4, -0.2) is 36.7 Å². The zero-order valence-electron chi connectivity index (χ0n) is 12.8. The standard InChI is InChI=1S/C16H17N3O3.2ClH/c20-16(15-11-21-10-9-18-15)19-12-1-3-13(4-2-12)22-14-5-7-17-8-6-14;;/h1-8,15,18H,9-11H2,(H,19,20);2*1H. The lowest BCUT2D eigenvalue weighted by Crippen LogP contribution is -2.48. The van der Waals surface area contributed by atoms with Gasteiger partial charge in [-0.1, -0.05) is 0 Å². The van der Waals surface area contributed by atoms with E-state index in [1.165, 1.54) is 0 Å². The highest BCUT2D eigenvalue weighted by Gasteiger charge is 2.20. The molecule has 130 valence electrons. The van der Waals surface area contributed by atoms with Gasteiger partial charge in [-0.3, -0.25) is 9.78 Å². The number of benzene rings is 1. The summed E-state index contributed by atoms with van der Waals surface area (Å²) in [5.41, 5.74) is 0.722. The number of amides is 1. The van der Waals surface area contributed by atoms with Gasteiger partial charge >= 0.3 is 0 Å². The zero-order valence-corrected chi connectivity index (χ0v) is 14.4. The van der Waals surface area contributed by atoms with Crippen LogP contribution in [0.3, 0.4) is 0 Å². The van der Waals surface area contributed by atoms with Crippen molar-refractivity contribution >= 4 is 36.4 Å². The molecule has 0 spiro atoms. The van der Waals surface area contributed by atoms with Gasteiger partial charge in [0.25, 0.3) is 0 Å². The second-order valence-electron chi connectivity index (χ2n) is 4.88. The van der Waals surface area contributed by atoms with E-state index in [0.717, 1.165) is 11.4 Å². The van der Waals surface area contributed by atoms with Gasteiger partial charge in [0.15, 0.2) is 0 Å². The molecular weight excluding hydrogens is 353 g/mol. The summed E-state index contributed by atoms with van der Waals surface area (Å²) in [6.45, 7) is 1.73. The number of nitrogens with zero attached hydrogens (tertiary/aromatic N) is 1. The average molecular weight is 372 g/mol. The van der Waals surface area contributed by atoms with E-state index in [2.05, 4.69) is 15.6 Å². The number of carbonyl (C=O) groups is 1. The van der Waals surface area contributed by atoms with Gasteiger partial charge in [-0.05, 0) is 36.4 Å². The zero-order chi connectivity index (χ0) is 15.2. The van der Waals surface area contributed by atoms with Crippen LogP contribution in [0.5, 0.6) is 11.5 Å². The maximum absolute atomic E-state index is 12.1. The van der Waals surface area contributed by atoms with Crippen LogP contribution in [0.4, 0.5) is 5.69 Å². The van der Waals surface area contributed by atoms with E-state index in [9.17, 15) is 4.79 Å². The fourth-order valence-corrected chi connectivity index (χ4v) is 2.11. The molecule has 1 aromatic carbocycles. The minimum atomic E-state index is -0.304. The fraction of sp³-hybridized carbons (Fsp3) is 0.250. The van der Waals surface area contributed by atoms with Gasteiger partial charge in [0, 0.05) is 24.6 Å². The SMILES string of the molecule is Cl.Cl.O=C(Nc1ccc(Oc2ccncc2)cc1)C1COCCN1. The monoisotopic (exact) mass is 371 g/mol. The van der Waals surface area contributed by atoms with E-state index in [1.54, 1.807) is 48.8 Å². The Balaban J connectivity index is 0.00000144. The molecule has 3 rings (SSSR count). The highest BCUT2D eigenvalue weighted by molar-refractivity contribution is 5.95. The first-order valence-corrected chi connectivity index (χ1v) is 7.11. The van der Waals surface area contributed by atoms with Crippen LogP contribution in [-0.2, 0) is 9.53 Å². The van der Waals surface area contributed by atoms with E-state index >= 15 is 0 Å². The van der Waals surface area contributed by atoms with E-state index in [0.29, 0.717) is 25.5 Å². The lowest BCUT2D eigenvalue weighted by atomic mass is 10.2. The van der Waals surface area contributed by atoms with Crippen LogP contribution in [0.2, 0.25) is 0 Å². The molecule has 8 heteroatoms. The summed E-state index contributed by atoms with van der Waals surface area (Å²) >= 11 is 0. The third kappa shape index (κ3) is 5.65. The van der Waals surface area contributed by atoms with Gasteiger partial charge in [-0.2, -0.15) is 0 Å². The number of aromatic nitrogens is 1. The van der Waals surface area contributed by atoms with E-state index in [1.807, 2.05) is 0 Å². The number of nitrogens with one attached hydrogen (secondary N) is 2. The van der Waals surface area contributed by atoms with E-state index in [4.69, 9.17) is 9.47 Å². The summed E-state index contributed by atoms with van der Waals surface area (Å²) < 4.78 is 10.9. The number of morpholine rings is 1. The van der Waals surface area contributed by atoms with Crippen LogP contribution in [0.1, 0.15) is 0 Å². The van der Waals surface area contributed by atoms with Crippen molar-refractivity contribution in [3.05, 3.63) is 48.8 Å². The number of halogens is 2. The Morgan fingerprint density at radius 1 is 1.12 bits per heavy atom. The summed E-state index contributed by atoms with van der Waals surface area (Å²) in [6.07, 6.45) is 3.34. The topological polar surface area (TPSA) is 72.5 Å². The predicted octanol–water partition coefficient (Wildman–Crippen LogP) is 2.64. The molecule has 1 atom stereocenters. The van der Waals surface area contributed by atoms with Crippen LogP contribution >= 0.6 is 24.8 Å². The predicted molar refractivity (Wildman–Crippen MR) is 96.5 cm³/mol. The maximum Gasteiger partial charge on any atom is 0.243 e. The second kappa shape index (κ2) is 10.1. The lowest BCUT2D eigenvalue weighted by Gasteiger charge is -2.22. The molecule has 2 heterocycles. The van der Waals surface area contributed by atoms with Crippen molar-refractivity contribution in [2.45, 2.75) is 6.04 Å². The number of hydrogen-bond donors (Lipinski definition) is 2. The first-order valence-electron chi connectivity index (χ1n) is 7.11. The summed E-state index contributed by atoms with van der Waals surface area (Å²) in [7, 11) is 0. The third-order valence-corrected chi connectivity index (χ3v) is 3.25. The molecule has 1 amide bonds. The van der Waals surface area contributed by atoms with Gasteiger partial charge in [-0.25, -0.2) is 0 Å². The molecular formula is C16H19Cl2N3O3. The van der Waals surface area contributed by atoms with Crippen LogP contribution in [0.25, 0.3) is 0 Å². The molecule has 1 fully saturated rings. The maximum atomic E-state index is 12.1. The Bertz CT molecular complexity index is 620. The van der Waals surface area contributed by atoms with Crippen molar-refractivity contribution in [3.63, 3.8) is 0 Å². The van der Waals surface area contributed by atoms with Gasteiger partial charge in [0.1, 0.15) is 17.5 Å². The number of anilines is 1. The molecule has 1 saturated heterocycles. The van der Waals surface area contributed by atoms with Crippen LogP contribution in [0.15, 0.2) is 48.8 Å². The van der Waals surface area contributed by atoms with E-state index < -0.39 is 0 Å². The molecule has 6 nitrogen and oxygen atoms in total. The van der Waals surface area contributed by atoms with Crippen molar-refractivity contribution in [1.29, 1.82) is 0 Å². The van der Waals surface area contributed by atoms with Crippen molar-refractivity contribution in [1.82, 2.24) is 10.3 Å². The molecule has 1 unspecified atom stereocenters. The number of rotatable bonds is 4. The lowest BCUT2D eigenvalue weighted by molar-refractivity contribution is -0.120. The van der Waals surface area contributed by atoms with Crippen LogP contribution in [0, 0.1) is 0 Å². The van der Waals surface area contributed by atoms with E-state index in [-0.39, 0.29) is 36.8 Å². The quantitative estimate of drug-likeness (QED) is 0.864. The summed E-state index contributed by atoms with van der Waals surface area (Å²) in [5, 5.41) is 5.97. The summed E-state index contributed by atoms with van der Waals surface area (Å²) in [4.78, 5) is 16.0. The molecule has 1 aliphatic rings. The number of hydrogen-bond acceptors (Lipinski definition) is 5. The van der Waals surface area contributed by atoms with Crippen molar-refractivity contribution in [2.75, 3.05) is 25.1 Å². The number of ether oxygens (including phenoxy) is 2. The molecule has 2 N–H and O–H groups in total. The smallest absolute Gasteiger partial charge is 0.243 e. The summed E-state index contributed by atoms with van der Waals surface area (Å²) in [6, 6.07) is 10.5. The fourth-order valence-electron chi connectivity index (χ4n) is 2.11. The van der Waals surface area contributed by atoms with Gasteiger partial charge in [-0.15, -0.1) is 24.8 Å². The Morgan fingerprint density at radius 3 is 2.42 bits per heavy atom. The Kier molecular flexibility index (Phi) is 8.49. The third-order valence-electron chi connectivity index (χ3n) is 3.25.